The van der Waals surface area contributed by atoms with E-state index in [1.165, 1.54) is 4.90 Å². The maximum atomic E-state index is 11.0. The molecule has 1 aromatic carbocycles. The lowest BCUT2D eigenvalue weighted by atomic mass is 10.1. The number of carbonyl (C=O) groups excluding carboxylic acids is 1. The molecule has 1 fully saturated rings. The van der Waals surface area contributed by atoms with Crippen LogP contribution in [-0.2, 0) is 0 Å². The zero-order valence-electron chi connectivity index (χ0n) is 11.7. The van der Waals surface area contributed by atoms with E-state index in [1.807, 2.05) is 0 Å². The summed E-state index contributed by atoms with van der Waals surface area (Å²) in [6.45, 7) is 1.90. The van der Waals surface area contributed by atoms with E-state index in [9.17, 15) is 9.59 Å². The number of hydrogen-bond donors (Lipinski definition) is 4. The maximum absolute atomic E-state index is 11.0. The lowest BCUT2D eigenvalue weighted by molar-refractivity contribution is 0.1000. The van der Waals surface area contributed by atoms with Gasteiger partial charge < -0.3 is 26.8 Å². The van der Waals surface area contributed by atoms with E-state index in [0.717, 1.165) is 18.5 Å². The summed E-state index contributed by atoms with van der Waals surface area (Å²) >= 11 is 0. The minimum atomic E-state index is -0.850. The van der Waals surface area contributed by atoms with Crippen molar-refractivity contribution in [3.05, 3.63) is 23.8 Å². The van der Waals surface area contributed by atoms with Crippen LogP contribution >= 0.6 is 0 Å². The molecule has 1 saturated heterocycles. The maximum Gasteiger partial charge on any atom is 0.407 e. The molecule has 7 heteroatoms. The van der Waals surface area contributed by atoms with Crippen molar-refractivity contribution in [2.75, 3.05) is 30.7 Å². The van der Waals surface area contributed by atoms with Gasteiger partial charge in [-0.05, 0) is 37.0 Å². The van der Waals surface area contributed by atoms with Crippen LogP contribution in [0.3, 0.4) is 0 Å². The zero-order chi connectivity index (χ0) is 15.4. The van der Waals surface area contributed by atoms with Crippen LogP contribution in [0.1, 0.15) is 23.2 Å². The quantitative estimate of drug-likeness (QED) is 0.607. The SMILES string of the molecule is NC(=O)c1ccc(NCC[C@H]2CCN(C(=O)O)C2)c(N)c1. The Morgan fingerprint density at radius 1 is 1.43 bits per heavy atom. The predicted molar refractivity (Wildman–Crippen MR) is 80.2 cm³/mol. The molecule has 21 heavy (non-hydrogen) atoms. The number of nitrogen functional groups attached to an aromatic ring is 1. The van der Waals surface area contributed by atoms with Gasteiger partial charge in [0.05, 0.1) is 11.4 Å². The Morgan fingerprint density at radius 2 is 2.19 bits per heavy atom. The van der Waals surface area contributed by atoms with Crippen molar-refractivity contribution < 1.29 is 14.7 Å². The first kappa shape index (κ1) is 15.0. The zero-order valence-corrected chi connectivity index (χ0v) is 11.7. The number of nitrogens with one attached hydrogen (secondary N) is 1. The van der Waals surface area contributed by atoms with E-state index < -0.39 is 12.0 Å². The van der Waals surface area contributed by atoms with E-state index in [-0.39, 0.29) is 0 Å². The number of benzene rings is 1. The first-order chi connectivity index (χ1) is 9.97. The van der Waals surface area contributed by atoms with E-state index in [1.54, 1.807) is 18.2 Å². The molecular formula is C14H20N4O3. The molecule has 0 aliphatic carbocycles. The third-order valence-corrected chi connectivity index (χ3v) is 3.76. The average Bonchev–Trinajstić information content (AvgIpc) is 2.89. The van der Waals surface area contributed by atoms with Crippen LogP contribution in [0.5, 0.6) is 0 Å². The summed E-state index contributed by atoms with van der Waals surface area (Å²) in [5.74, 6) is -0.132. The molecule has 6 N–H and O–H groups in total. The number of carboxylic acid groups (broad SMARTS) is 1. The second kappa shape index (κ2) is 6.34. The van der Waals surface area contributed by atoms with Crippen LogP contribution in [0.2, 0.25) is 0 Å². The van der Waals surface area contributed by atoms with Crippen molar-refractivity contribution in [2.45, 2.75) is 12.8 Å². The van der Waals surface area contributed by atoms with Gasteiger partial charge in [0.25, 0.3) is 0 Å². The molecule has 1 aromatic rings. The normalized spacial score (nSPS) is 17.7. The number of carbonyl (C=O) groups is 2. The second-order valence-electron chi connectivity index (χ2n) is 5.27. The lowest BCUT2D eigenvalue weighted by Gasteiger charge is -2.14. The predicted octanol–water partition coefficient (Wildman–Crippen LogP) is 1.17. The Balaban J connectivity index is 1.81. The molecule has 0 spiro atoms. The highest BCUT2D eigenvalue weighted by Gasteiger charge is 2.25. The van der Waals surface area contributed by atoms with Crippen molar-refractivity contribution in [3.63, 3.8) is 0 Å². The van der Waals surface area contributed by atoms with Gasteiger partial charge in [-0.2, -0.15) is 0 Å². The van der Waals surface area contributed by atoms with E-state index in [0.29, 0.717) is 36.8 Å². The summed E-state index contributed by atoms with van der Waals surface area (Å²) in [4.78, 5) is 23.3. The van der Waals surface area contributed by atoms with Gasteiger partial charge in [-0.1, -0.05) is 0 Å². The fourth-order valence-electron chi connectivity index (χ4n) is 2.53. The topological polar surface area (TPSA) is 122 Å². The van der Waals surface area contributed by atoms with Crippen LogP contribution in [-0.4, -0.2) is 41.6 Å². The number of rotatable bonds is 5. The Labute approximate surface area is 122 Å². The van der Waals surface area contributed by atoms with E-state index in [4.69, 9.17) is 16.6 Å². The monoisotopic (exact) mass is 292 g/mol. The molecule has 1 aliphatic rings. The summed E-state index contributed by atoms with van der Waals surface area (Å²) in [5, 5.41) is 12.1. The van der Waals surface area contributed by atoms with Crippen LogP contribution in [0, 0.1) is 5.92 Å². The van der Waals surface area contributed by atoms with Crippen molar-refractivity contribution in [1.82, 2.24) is 4.90 Å². The number of hydrogen-bond acceptors (Lipinski definition) is 4. The highest BCUT2D eigenvalue weighted by molar-refractivity contribution is 5.94. The van der Waals surface area contributed by atoms with Crippen LogP contribution < -0.4 is 16.8 Å². The molecule has 2 rings (SSSR count). The van der Waals surface area contributed by atoms with Gasteiger partial charge in [0.1, 0.15) is 0 Å². The summed E-state index contributed by atoms with van der Waals surface area (Å²) < 4.78 is 0. The third kappa shape index (κ3) is 3.77. The molecule has 0 saturated carbocycles. The molecular weight excluding hydrogens is 272 g/mol. The molecule has 0 bridgehead atoms. The summed E-state index contributed by atoms with van der Waals surface area (Å²) in [6.07, 6.45) is 0.918. The Morgan fingerprint density at radius 3 is 2.76 bits per heavy atom. The van der Waals surface area contributed by atoms with Crippen molar-refractivity contribution in [3.8, 4) is 0 Å². The largest absolute Gasteiger partial charge is 0.465 e. The van der Waals surface area contributed by atoms with Gasteiger partial charge in [0, 0.05) is 25.2 Å². The number of nitrogens with two attached hydrogens (primary N) is 2. The molecule has 1 atom stereocenters. The fraction of sp³-hybridized carbons (Fsp3) is 0.429. The summed E-state index contributed by atoms with van der Waals surface area (Å²) in [7, 11) is 0. The van der Waals surface area contributed by atoms with Crippen LogP contribution in [0.25, 0.3) is 0 Å². The summed E-state index contributed by atoms with van der Waals surface area (Å²) in [6, 6.07) is 4.91. The molecule has 2 amide bonds. The van der Waals surface area contributed by atoms with E-state index in [2.05, 4.69) is 5.32 Å². The Hall–Kier alpha value is -2.44. The van der Waals surface area contributed by atoms with Gasteiger partial charge in [-0.25, -0.2) is 4.79 Å². The molecule has 0 aromatic heterocycles. The molecule has 1 heterocycles. The summed E-state index contributed by atoms with van der Waals surface area (Å²) in [5.41, 5.74) is 12.7. The number of anilines is 2. The van der Waals surface area contributed by atoms with Gasteiger partial charge in [0.2, 0.25) is 5.91 Å². The number of primary amides is 1. The van der Waals surface area contributed by atoms with Crippen molar-refractivity contribution in [2.24, 2.45) is 11.7 Å². The minimum absolute atomic E-state index is 0.375. The number of nitrogens with zero attached hydrogens (tertiary/aromatic N) is 1. The van der Waals surface area contributed by atoms with Crippen LogP contribution in [0.4, 0.5) is 16.2 Å². The van der Waals surface area contributed by atoms with Crippen molar-refractivity contribution in [1.29, 1.82) is 0 Å². The van der Waals surface area contributed by atoms with Gasteiger partial charge in [-0.3, -0.25) is 4.79 Å². The fourth-order valence-corrected chi connectivity index (χ4v) is 2.53. The smallest absolute Gasteiger partial charge is 0.407 e. The highest BCUT2D eigenvalue weighted by Crippen LogP contribution is 2.22. The number of likely N-dealkylation sites (tertiary alicyclic amines) is 1. The molecule has 1 aliphatic heterocycles. The number of amides is 2. The first-order valence-electron chi connectivity index (χ1n) is 6.88. The van der Waals surface area contributed by atoms with Gasteiger partial charge in [-0.15, -0.1) is 0 Å². The average molecular weight is 292 g/mol. The second-order valence-corrected chi connectivity index (χ2v) is 5.27. The van der Waals surface area contributed by atoms with Gasteiger partial charge in [0.15, 0.2) is 0 Å². The highest BCUT2D eigenvalue weighted by atomic mass is 16.4. The van der Waals surface area contributed by atoms with Gasteiger partial charge >= 0.3 is 6.09 Å². The molecule has 114 valence electrons. The Kier molecular flexibility index (Phi) is 4.52. The minimum Gasteiger partial charge on any atom is -0.465 e. The van der Waals surface area contributed by atoms with Crippen LogP contribution in [0.15, 0.2) is 18.2 Å². The molecule has 0 unspecified atom stereocenters. The third-order valence-electron chi connectivity index (χ3n) is 3.76. The molecule has 7 nitrogen and oxygen atoms in total. The standard InChI is InChI=1S/C14H20N4O3/c15-11-7-10(13(16)19)1-2-12(11)17-5-3-9-4-6-18(8-9)14(20)21/h1-2,7,9,17H,3-6,8,15H2,(H2,16,19)(H,20,21)/t9-/m0/s1. The lowest BCUT2D eigenvalue weighted by Crippen LogP contribution is -2.26. The van der Waals surface area contributed by atoms with Crippen molar-refractivity contribution >= 4 is 23.4 Å². The van der Waals surface area contributed by atoms with E-state index >= 15 is 0 Å². The Bertz CT molecular complexity index is 547. The first-order valence-corrected chi connectivity index (χ1v) is 6.88. The molecule has 0 radical (unpaired) electrons.